The number of rotatable bonds is 4. The Morgan fingerprint density at radius 3 is 2.14 bits per heavy atom. The van der Waals surface area contributed by atoms with Gasteiger partial charge >= 0.3 is 0 Å². The molecular formula is C23H38N2O3. The summed E-state index contributed by atoms with van der Waals surface area (Å²) in [6, 6.07) is 0. The number of hydrogen-bond donors (Lipinski definition) is 0. The predicted octanol–water partition coefficient (Wildman–Crippen LogP) is 3.61. The Morgan fingerprint density at radius 1 is 0.714 bits per heavy atom. The van der Waals surface area contributed by atoms with Crippen LogP contribution in [0.1, 0.15) is 77.0 Å². The Kier molecular flexibility index (Phi) is 6.92. The first kappa shape index (κ1) is 20.2. The molecule has 1 heterocycles. The zero-order valence-electron chi connectivity index (χ0n) is 17.4. The van der Waals surface area contributed by atoms with Crippen LogP contribution in [-0.4, -0.2) is 60.5 Å². The highest BCUT2D eigenvalue weighted by Crippen LogP contribution is 2.41. The molecule has 2 amide bonds. The van der Waals surface area contributed by atoms with Gasteiger partial charge in [-0.05, 0) is 43.9 Å². The van der Waals surface area contributed by atoms with Gasteiger partial charge in [-0.1, -0.05) is 44.9 Å². The molecule has 0 spiro atoms. The number of nitrogens with zero attached hydrogens (tertiary/aromatic N) is 2. The van der Waals surface area contributed by atoms with Crippen molar-refractivity contribution in [1.29, 1.82) is 0 Å². The monoisotopic (exact) mass is 390 g/mol. The van der Waals surface area contributed by atoms with E-state index in [1.165, 1.54) is 57.8 Å². The Labute approximate surface area is 170 Å². The van der Waals surface area contributed by atoms with Crippen molar-refractivity contribution < 1.29 is 14.3 Å². The summed E-state index contributed by atoms with van der Waals surface area (Å²) in [5.41, 5.74) is 0. The minimum Gasteiger partial charge on any atom is -0.368 e. The van der Waals surface area contributed by atoms with Gasteiger partial charge in [0.05, 0.1) is 6.10 Å². The normalized spacial score (nSPS) is 32.1. The number of amides is 2. The van der Waals surface area contributed by atoms with E-state index in [0.29, 0.717) is 38.0 Å². The number of piperazine rings is 1. The average molecular weight is 391 g/mol. The van der Waals surface area contributed by atoms with E-state index in [9.17, 15) is 9.59 Å². The molecule has 3 unspecified atom stereocenters. The summed E-state index contributed by atoms with van der Waals surface area (Å²) < 4.78 is 6.17. The van der Waals surface area contributed by atoms with Crippen LogP contribution in [0.25, 0.3) is 0 Å². The second kappa shape index (κ2) is 9.60. The third-order valence-corrected chi connectivity index (χ3v) is 7.83. The van der Waals surface area contributed by atoms with E-state index in [2.05, 4.69) is 0 Å². The zero-order chi connectivity index (χ0) is 19.3. The van der Waals surface area contributed by atoms with E-state index in [1.807, 2.05) is 9.80 Å². The molecule has 0 aromatic rings. The van der Waals surface area contributed by atoms with Crippen molar-refractivity contribution in [2.45, 2.75) is 83.2 Å². The average Bonchev–Trinajstić information content (AvgIpc) is 2.77. The van der Waals surface area contributed by atoms with E-state index in [1.54, 1.807) is 0 Å². The highest BCUT2D eigenvalue weighted by atomic mass is 16.5. The quantitative estimate of drug-likeness (QED) is 0.737. The smallest absolute Gasteiger partial charge is 0.248 e. The van der Waals surface area contributed by atoms with Crippen molar-refractivity contribution in [3.8, 4) is 0 Å². The molecule has 3 aliphatic carbocycles. The van der Waals surface area contributed by atoms with Crippen LogP contribution in [0.5, 0.6) is 0 Å². The van der Waals surface area contributed by atoms with Gasteiger partial charge in [0.2, 0.25) is 11.8 Å². The van der Waals surface area contributed by atoms with Crippen molar-refractivity contribution in [2.24, 2.45) is 17.8 Å². The molecule has 0 bridgehead atoms. The first-order chi connectivity index (χ1) is 13.7. The molecule has 158 valence electrons. The maximum absolute atomic E-state index is 12.7. The van der Waals surface area contributed by atoms with Gasteiger partial charge in [-0.3, -0.25) is 9.59 Å². The third kappa shape index (κ3) is 4.72. The van der Waals surface area contributed by atoms with E-state index in [4.69, 9.17) is 4.74 Å². The van der Waals surface area contributed by atoms with E-state index in [0.717, 1.165) is 25.2 Å². The Hall–Kier alpha value is -1.10. The first-order valence-electron chi connectivity index (χ1n) is 11.9. The largest absolute Gasteiger partial charge is 0.368 e. The van der Waals surface area contributed by atoms with Gasteiger partial charge in [-0.15, -0.1) is 0 Å². The first-order valence-corrected chi connectivity index (χ1v) is 11.9. The summed E-state index contributed by atoms with van der Waals surface area (Å²) in [6.45, 7) is 2.93. The summed E-state index contributed by atoms with van der Waals surface area (Å²) in [4.78, 5) is 29.3. The molecule has 0 aromatic heterocycles. The summed E-state index contributed by atoms with van der Waals surface area (Å²) >= 11 is 0. The fourth-order valence-electron chi connectivity index (χ4n) is 6.14. The van der Waals surface area contributed by atoms with Gasteiger partial charge in [0.15, 0.2) is 0 Å². The van der Waals surface area contributed by atoms with Crippen molar-refractivity contribution in [2.75, 3.05) is 32.8 Å². The Morgan fingerprint density at radius 2 is 1.36 bits per heavy atom. The van der Waals surface area contributed by atoms with Crippen LogP contribution in [0.3, 0.4) is 0 Å². The van der Waals surface area contributed by atoms with Gasteiger partial charge in [0.25, 0.3) is 0 Å². The van der Waals surface area contributed by atoms with E-state index >= 15 is 0 Å². The van der Waals surface area contributed by atoms with Crippen molar-refractivity contribution in [3.05, 3.63) is 0 Å². The predicted molar refractivity (Wildman–Crippen MR) is 109 cm³/mol. The van der Waals surface area contributed by atoms with Crippen molar-refractivity contribution >= 4 is 11.8 Å². The molecule has 4 aliphatic rings. The molecule has 0 radical (unpaired) electrons. The summed E-state index contributed by atoms with van der Waals surface area (Å²) in [5, 5.41) is 0. The third-order valence-electron chi connectivity index (χ3n) is 7.83. The molecule has 4 fully saturated rings. The van der Waals surface area contributed by atoms with Crippen LogP contribution in [0.15, 0.2) is 0 Å². The van der Waals surface area contributed by atoms with Gasteiger partial charge in [0, 0.05) is 32.1 Å². The molecule has 28 heavy (non-hydrogen) atoms. The van der Waals surface area contributed by atoms with Gasteiger partial charge in [0.1, 0.15) is 6.61 Å². The van der Waals surface area contributed by atoms with Crippen LogP contribution in [0, 0.1) is 17.8 Å². The van der Waals surface area contributed by atoms with Crippen molar-refractivity contribution in [1.82, 2.24) is 9.80 Å². The zero-order valence-corrected chi connectivity index (χ0v) is 17.4. The molecular weight excluding hydrogens is 352 g/mol. The molecule has 3 atom stereocenters. The number of carbonyl (C=O) groups excluding carboxylic acids is 2. The molecule has 3 saturated carbocycles. The van der Waals surface area contributed by atoms with Gasteiger partial charge < -0.3 is 14.5 Å². The molecule has 0 aromatic carbocycles. The SMILES string of the molecule is O=C(COC1CCCC2CCCCC21)N1CCN(C(=O)C2CCCCC2)CC1. The molecule has 1 saturated heterocycles. The maximum atomic E-state index is 12.7. The number of fused-ring (bicyclic) bond motifs is 1. The number of hydrogen-bond acceptors (Lipinski definition) is 3. The minimum atomic E-state index is 0.114. The fraction of sp³-hybridized carbons (Fsp3) is 0.913. The van der Waals surface area contributed by atoms with Crippen LogP contribution in [-0.2, 0) is 14.3 Å². The van der Waals surface area contributed by atoms with Crippen molar-refractivity contribution in [3.63, 3.8) is 0 Å². The second-order valence-electron chi connectivity index (χ2n) is 9.53. The molecule has 5 heteroatoms. The maximum Gasteiger partial charge on any atom is 0.248 e. The molecule has 5 nitrogen and oxygen atoms in total. The fourth-order valence-corrected chi connectivity index (χ4v) is 6.14. The topological polar surface area (TPSA) is 49.9 Å². The molecule has 1 aliphatic heterocycles. The van der Waals surface area contributed by atoms with Crippen LogP contribution >= 0.6 is 0 Å². The van der Waals surface area contributed by atoms with Crippen LogP contribution < -0.4 is 0 Å². The Balaban J connectivity index is 1.20. The highest BCUT2D eigenvalue weighted by Gasteiger charge is 2.36. The Bertz CT molecular complexity index is 536. The van der Waals surface area contributed by atoms with Crippen LogP contribution in [0.4, 0.5) is 0 Å². The lowest BCUT2D eigenvalue weighted by molar-refractivity contribution is -0.148. The van der Waals surface area contributed by atoms with Crippen LogP contribution in [0.2, 0.25) is 0 Å². The lowest BCUT2D eigenvalue weighted by atomic mass is 9.69. The van der Waals surface area contributed by atoms with E-state index < -0.39 is 0 Å². The highest BCUT2D eigenvalue weighted by molar-refractivity contribution is 5.80. The summed E-state index contributed by atoms with van der Waals surface area (Å²) in [6.07, 6.45) is 15.1. The number of ether oxygens (including phenoxy) is 1. The standard InChI is InChI=1S/C23H38N2O3/c26-22(17-28-21-12-6-10-18-7-4-5-11-20(18)21)24-13-15-25(16-14-24)23(27)19-8-2-1-3-9-19/h18-21H,1-17H2. The second-order valence-corrected chi connectivity index (χ2v) is 9.53. The van der Waals surface area contributed by atoms with E-state index in [-0.39, 0.29) is 24.5 Å². The summed E-state index contributed by atoms with van der Waals surface area (Å²) in [7, 11) is 0. The van der Waals surface area contributed by atoms with Gasteiger partial charge in [-0.25, -0.2) is 0 Å². The van der Waals surface area contributed by atoms with Gasteiger partial charge in [-0.2, -0.15) is 0 Å². The summed E-state index contributed by atoms with van der Waals surface area (Å²) in [5.74, 6) is 2.18. The molecule has 4 rings (SSSR count). The molecule has 0 N–H and O–H groups in total. The number of carbonyl (C=O) groups is 2. The lowest BCUT2D eigenvalue weighted by Crippen LogP contribution is -2.53. The minimum absolute atomic E-state index is 0.114. The lowest BCUT2D eigenvalue weighted by Gasteiger charge is -2.41.